The van der Waals surface area contributed by atoms with Crippen molar-refractivity contribution in [1.29, 1.82) is 0 Å². The normalized spacial score (nSPS) is 17.6. The van der Waals surface area contributed by atoms with Crippen LogP contribution >= 0.6 is 0 Å². The Balaban J connectivity index is 2.42. The zero-order valence-corrected chi connectivity index (χ0v) is 12.9. The minimum absolute atomic E-state index is 0.292. The van der Waals surface area contributed by atoms with Crippen LogP contribution in [0, 0.1) is 10.1 Å². The van der Waals surface area contributed by atoms with Gasteiger partial charge < -0.3 is 5.32 Å². The highest BCUT2D eigenvalue weighted by Gasteiger charge is 2.36. The Morgan fingerprint density at radius 3 is 2.43 bits per heavy atom. The zero-order valence-electron chi connectivity index (χ0n) is 12.0. The van der Waals surface area contributed by atoms with Crippen LogP contribution in [0.4, 0.5) is 11.4 Å². The predicted octanol–water partition coefficient (Wildman–Crippen LogP) is 2.25. The largest absolute Gasteiger partial charge is 0.388 e. The van der Waals surface area contributed by atoms with E-state index in [2.05, 4.69) is 10.0 Å². The SMILES string of the molecule is CNc1ccc(S(=O)(=O)NC2(C)CCCC2)c([N+](=O)[O-])c1. The summed E-state index contributed by atoms with van der Waals surface area (Å²) in [6.45, 7) is 1.84. The van der Waals surface area contributed by atoms with Crippen molar-refractivity contribution >= 4 is 21.4 Å². The number of anilines is 1. The first-order chi connectivity index (χ1) is 9.77. The molecule has 0 heterocycles. The number of nitro benzene ring substituents is 1. The lowest BCUT2D eigenvalue weighted by atomic mass is 10.0. The molecule has 2 rings (SSSR count). The van der Waals surface area contributed by atoms with Gasteiger partial charge in [0.2, 0.25) is 10.0 Å². The van der Waals surface area contributed by atoms with Gasteiger partial charge in [-0.2, -0.15) is 0 Å². The van der Waals surface area contributed by atoms with Crippen molar-refractivity contribution in [3.05, 3.63) is 28.3 Å². The Morgan fingerprint density at radius 1 is 1.29 bits per heavy atom. The fourth-order valence-electron chi connectivity index (χ4n) is 2.68. The summed E-state index contributed by atoms with van der Waals surface area (Å²) in [5, 5.41) is 13.9. The van der Waals surface area contributed by atoms with E-state index in [1.165, 1.54) is 18.2 Å². The Hall–Kier alpha value is -1.67. The van der Waals surface area contributed by atoms with Gasteiger partial charge in [-0.15, -0.1) is 0 Å². The van der Waals surface area contributed by atoms with E-state index in [1.807, 2.05) is 6.92 Å². The molecule has 0 saturated heterocycles. The van der Waals surface area contributed by atoms with Gasteiger partial charge in [0.1, 0.15) is 0 Å². The van der Waals surface area contributed by atoms with E-state index < -0.39 is 26.2 Å². The van der Waals surface area contributed by atoms with Gasteiger partial charge in [-0.25, -0.2) is 13.1 Å². The van der Waals surface area contributed by atoms with Crippen LogP contribution in [0.15, 0.2) is 23.1 Å². The molecule has 116 valence electrons. The molecule has 1 fully saturated rings. The summed E-state index contributed by atoms with van der Waals surface area (Å²) in [5.74, 6) is 0. The van der Waals surface area contributed by atoms with Gasteiger partial charge in [0.05, 0.1) is 4.92 Å². The van der Waals surface area contributed by atoms with Crippen molar-refractivity contribution in [2.45, 2.75) is 43.0 Å². The monoisotopic (exact) mass is 313 g/mol. The Kier molecular flexibility index (Phi) is 4.20. The van der Waals surface area contributed by atoms with Crippen LogP contribution in [-0.2, 0) is 10.0 Å². The quantitative estimate of drug-likeness (QED) is 0.641. The number of hydrogen-bond donors (Lipinski definition) is 2. The topological polar surface area (TPSA) is 101 Å². The highest BCUT2D eigenvalue weighted by molar-refractivity contribution is 7.89. The van der Waals surface area contributed by atoms with Crippen LogP contribution in [-0.4, -0.2) is 25.9 Å². The molecule has 1 saturated carbocycles. The maximum Gasteiger partial charge on any atom is 0.291 e. The first-order valence-electron chi connectivity index (χ1n) is 6.78. The van der Waals surface area contributed by atoms with Crippen LogP contribution in [0.25, 0.3) is 0 Å². The second kappa shape index (κ2) is 5.61. The van der Waals surface area contributed by atoms with Gasteiger partial charge in [-0.1, -0.05) is 12.8 Å². The highest BCUT2D eigenvalue weighted by atomic mass is 32.2. The smallest absolute Gasteiger partial charge is 0.291 e. The molecule has 0 aliphatic heterocycles. The molecular formula is C13H19N3O4S. The molecule has 0 aromatic heterocycles. The molecule has 1 aromatic carbocycles. The van der Waals surface area contributed by atoms with E-state index in [0.29, 0.717) is 5.69 Å². The zero-order chi connectivity index (χ0) is 15.7. The number of nitro groups is 1. The summed E-state index contributed by atoms with van der Waals surface area (Å²) in [4.78, 5) is 10.2. The van der Waals surface area contributed by atoms with Crippen LogP contribution in [0.2, 0.25) is 0 Å². The van der Waals surface area contributed by atoms with Crippen molar-refractivity contribution in [2.75, 3.05) is 12.4 Å². The van der Waals surface area contributed by atoms with Gasteiger partial charge in [-0.3, -0.25) is 10.1 Å². The predicted molar refractivity (Wildman–Crippen MR) is 79.8 cm³/mol. The summed E-state index contributed by atoms with van der Waals surface area (Å²) in [7, 11) is -2.31. The molecule has 2 N–H and O–H groups in total. The summed E-state index contributed by atoms with van der Waals surface area (Å²) in [6.07, 6.45) is 3.41. The summed E-state index contributed by atoms with van der Waals surface area (Å²) in [6, 6.07) is 4.01. The summed E-state index contributed by atoms with van der Waals surface area (Å²) < 4.78 is 27.6. The van der Waals surface area contributed by atoms with E-state index in [4.69, 9.17) is 0 Å². The van der Waals surface area contributed by atoms with E-state index in [9.17, 15) is 18.5 Å². The molecule has 1 aromatic rings. The molecule has 7 nitrogen and oxygen atoms in total. The first-order valence-corrected chi connectivity index (χ1v) is 8.26. The molecule has 0 atom stereocenters. The van der Waals surface area contributed by atoms with E-state index >= 15 is 0 Å². The number of sulfonamides is 1. The number of benzene rings is 1. The second-order valence-electron chi connectivity index (χ2n) is 5.56. The molecule has 8 heteroatoms. The van der Waals surface area contributed by atoms with Crippen LogP contribution < -0.4 is 10.0 Å². The molecule has 0 radical (unpaired) electrons. The number of rotatable bonds is 5. The van der Waals surface area contributed by atoms with Gasteiger partial charge in [0, 0.05) is 24.3 Å². The fourth-order valence-corrected chi connectivity index (χ4v) is 4.30. The third-order valence-corrected chi connectivity index (χ3v) is 5.51. The van der Waals surface area contributed by atoms with Gasteiger partial charge in [-0.05, 0) is 31.9 Å². The standard InChI is InChI=1S/C13H19N3O4S/c1-13(7-3-4-8-13)15-21(19,20)12-6-5-10(14-2)9-11(12)16(17)18/h5-6,9,14-15H,3-4,7-8H2,1-2H3. The lowest BCUT2D eigenvalue weighted by Crippen LogP contribution is -2.43. The van der Waals surface area contributed by atoms with Crippen LogP contribution in [0.1, 0.15) is 32.6 Å². The van der Waals surface area contributed by atoms with Crippen molar-refractivity contribution in [2.24, 2.45) is 0 Å². The molecule has 1 aliphatic carbocycles. The van der Waals surface area contributed by atoms with Crippen molar-refractivity contribution in [3.8, 4) is 0 Å². The average Bonchev–Trinajstić information content (AvgIpc) is 2.83. The van der Waals surface area contributed by atoms with Crippen LogP contribution in [0.5, 0.6) is 0 Å². The lowest BCUT2D eigenvalue weighted by Gasteiger charge is -2.24. The fraction of sp³-hybridized carbons (Fsp3) is 0.538. The first kappa shape index (κ1) is 15.7. The molecule has 0 spiro atoms. The third kappa shape index (κ3) is 3.33. The molecule has 0 bridgehead atoms. The van der Waals surface area contributed by atoms with Gasteiger partial charge >= 0.3 is 0 Å². The Labute approximate surface area is 123 Å². The van der Waals surface area contributed by atoms with Crippen molar-refractivity contribution < 1.29 is 13.3 Å². The minimum atomic E-state index is -3.92. The van der Waals surface area contributed by atoms with Gasteiger partial charge in [0.15, 0.2) is 4.90 Å². The number of nitrogens with zero attached hydrogens (tertiary/aromatic N) is 1. The number of nitrogens with one attached hydrogen (secondary N) is 2. The summed E-state index contributed by atoms with van der Waals surface area (Å²) >= 11 is 0. The maximum absolute atomic E-state index is 12.5. The Bertz CT molecular complexity index is 651. The lowest BCUT2D eigenvalue weighted by molar-refractivity contribution is -0.387. The molecule has 21 heavy (non-hydrogen) atoms. The number of hydrogen-bond acceptors (Lipinski definition) is 5. The second-order valence-corrected chi connectivity index (χ2v) is 7.21. The molecular weight excluding hydrogens is 294 g/mol. The van der Waals surface area contributed by atoms with Crippen molar-refractivity contribution in [3.63, 3.8) is 0 Å². The maximum atomic E-state index is 12.5. The van der Waals surface area contributed by atoms with E-state index in [-0.39, 0.29) is 4.90 Å². The van der Waals surface area contributed by atoms with Crippen molar-refractivity contribution in [1.82, 2.24) is 4.72 Å². The Morgan fingerprint density at radius 2 is 1.90 bits per heavy atom. The van der Waals surface area contributed by atoms with E-state index in [1.54, 1.807) is 7.05 Å². The van der Waals surface area contributed by atoms with Gasteiger partial charge in [0.25, 0.3) is 5.69 Å². The third-order valence-electron chi connectivity index (χ3n) is 3.82. The highest BCUT2D eigenvalue weighted by Crippen LogP contribution is 2.33. The minimum Gasteiger partial charge on any atom is -0.388 e. The molecule has 1 aliphatic rings. The molecule has 0 unspecified atom stereocenters. The molecule has 0 amide bonds. The summed E-state index contributed by atoms with van der Waals surface area (Å²) in [5.41, 5.74) is -0.447. The average molecular weight is 313 g/mol. The van der Waals surface area contributed by atoms with E-state index in [0.717, 1.165) is 25.7 Å². The van der Waals surface area contributed by atoms with Crippen LogP contribution in [0.3, 0.4) is 0 Å².